The maximum absolute atomic E-state index is 10.8. The van der Waals surface area contributed by atoms with Gasteiger partial charge in [0.1, 0.15) is 10.8 Å². The summed E-state index contributed by atoms with van der Waals surface area (Å²) in [6.45, 7) is 0. The van der Waals surface area contributed by atoms with Crippen molar-refractivity contribution in [2.45, 2.75) is 0 Å². The van der Waals surface area contributed by atoms with Crippen LogP contribution in [0.4, 0.5) is 5.69 Å². The summed E-state index contributed by atoms with van der Waals surface area (Å²) in [5, 5.41) is 12.6. The number of non-ortho nitro benzene ring substituents is 1. The highest BCUT2D eigenvalue weighted by molar-refractivity contribution is 7.19. The monoisotopic (exact) mass is 352 g/mol. The number of nitro groups is 1. The molecule has 0 amide bonds. The van der Waals surface area contributed by atoms with Gasteiger partial charge in [0.15, 0.2) is 11.3 Å². The molecule has 0 N–H and O–H groups in total. The van der Waals surface area contributed by atoms with Gasteiger partial charge in [-0.1, -0.05) is 12.1 Å². The van der Waals surface area contributed by atoms with E-state index in [0.29, 0.717) is 22.6 Å². The molecule has 0 bridgehead atoms. The predicted octanol–water partition coefficient (Wildman–Crippen LogP) is 5.13. The first-order valence-electron chi connectivity index (χ1n) is 7.43. The van der Waals surface area contributed by atoms with Gasteiger partial charge < -0.3 is 9.15 Å². The number of nitro benzene ring substituents is 1. The van der Waals surface area contributed by atoms with Crippen LogP contribution in [-0.4, -0.2) is 17.0 Å². The van der Waals surface area contributed by atoms with E-state index in [1.54, 1.807) is 13.2 Å². The van der Waals surface area contributed by atoms with E-state index in [1.807, 2.05) is 36.4 Å². The first kappa shape index (κ1) is 15.3. The number of thiazole rings is 1. The average Bonchev–Trinajstić information content (AvgIpc) is 3.21. The lowest BCUT2D eigenvalue weighted by Gasteiger charge is -1.98. The average molecular weight is 352 g/mol. The first-order valence-corrected chi connectivity index (χ1v) is 8.25. The van der Waals surface area contributed by atoms with Gasteiger partial charge in [0.25, 0.3) is 5.69 Å². The second-order valence-electron chi connectivity index (χ2n) is 5.32. The zero-order valence-electron chi connectivity index (χ0n) is 13.1. The molecule has 6 nitrogen and oxygen atoms in total. The highest BCUT2D eigenvalue weighted by Gasteiger charge is 2.10. The highest BCUT2D eigenvalue weighted by atomic mass is 32.1. The van der Waals surface area contributed by atoms with E-state index in [4.69, 9.17) is 9.15 Å². The molecular weight excluding hydrogens is 340 g/mol. The zero-order chi connectivity index (χ0) is 17.4. The van der Waals surface area contributed by atoms with Crippen LogP contribution < -0.4 is 4.74 Å². The van der Waals surface area contributed by atoms with Crippen molar-refractivity contribution in [2.24, 2.45) is 0 Å². The van der Waals surface area contributed by atoms with Crippen LogP contribution >= 0.6 is 11.3 Å². The van der Waals surface area contributed by atoms with Crippen LogP contribution in [0.5, 0.6) is 5.75 Å². The van der Waals surface area contributed by atoms with E-state index >= 15 is 0 Å². The molecule has 2 aromatic carbocycles. The lowest BCUT2D eigenvalue weighted by atomic mass is 10.2. The number of furan rings is 1. The summed E-state index contributed by atoms with van der Waals surface area (Å²) in [4.78, 5) is 14.8. The van der Waals surface area contributed by atoms with Crippen molar-refractivity contribution in [3.63, 3.8) is 0 Å². The molecule has 0 fully saturated rings. The van der Waals surface area contributed by atoms with E-state index in [1.165, 1.54) is 23.5 Å². The number of hydrogen-bond acceptors (Lipinski definition) is 6. The van der Waals surface area contributed by atoms with E-state index in [-0.39, 0.29) is 5.69 Å². The van der Waals surface area contributed by atoms with Gasteiger partial charge in [-0.05, 0) is 30.4 Å². The fourth-order valence-corrected chi connectivity index (χ4v) is 3.42. The van der Waals surface area contributed by atoms with Gasteiger partial charge in [0, 0.05) is 17.5 Å². The first-order chi connectivity index (χ1) is 12.1. The van der Waals surface area contributed by atoms with Crippen molar-refractivity contribution in [3.8, 4) is 5.75 Å². The van der Waals surface area contributed by atoms with Gasteiger partial charge in [-0.2, -0.15) is 0 Å². The molecule has 124 valence electrons. The largest absolute Gasteiger partial charge is 0.493 e. The summed E-state index contributed by atoms with van der Waals surface area (Å²) in [6.07, 6.45) is 3.66. The molecule has 0 aliphatic rings. The van der Waals surface area contributed by atoms with Gasteiger partial charge in [-0.3, -0.25) is 10.1 Å². The Hall–Kier alpha value is -3.19. The highest BCUT2D eigenvalue weighted by Crippen LogP contribution is 2.30. The molecular formula is C18H12N2O4S. The molecule has 0 saturated carbocycles. The third kappa shape index (κ3) is 2.85. The number of fused-ring (bicyclic) bond motifs is 2. The molecule has 2 heterocycles. The lowest BCUT2D eigenvalue weighted by Crippen LogP contribution is -1.86. The third-order valence-electron chi connectivity index (χ3n) is 3.74. The van der Waals surface area contributed by atoms with Crippen molar-refractivity contribution in [1.82, 2.24) is 4.98 Å². The van der Waals surface area contributed by atoms with Crippen molar-refractivity contribution in [2.75, 3.05) is 7.11 Å². The molecule has 0 aliphatic carbocycles. The third-order valence-corrected chi connectivity index (χ3v) is 4.74. The fourth-order valence-electron chi connectivity index (χ4n) is 2.57. The van der Waals surface area contributed by atoms with Gasteiger partial charge >= 0.3 is 0 Å². The number of ether oxygens (including phenoxy) is 1. The molecule has 0 unspecified atom stereocenters. The number of rotatable bonds is 4. The summed E-state index contributed by atoms with van der Waals surface area (Å²) >= 11 is 1.46. The van der Waals surface area contributed by atoms with Crippen molar-refractivity contribution < 1.29 is 14.1 Å². The summed E-state index contributed by atoms with van der Waals surface area (Å²) in [6, 6.07) is 12.3. The number of aromatic nitrogens is 1. The van der Waals surface area contributed by atoms with Crippen LogP contribution in [0.15, 0.2) is 46.9 Å². The Morgan fingerprint density at radius 1 is 1.24 bits per heavy atom. The van der Waals surface area contributed by atoms with Crippen molar-refractivity contribution >= 4 is 50.4 Å². The van der Waals surface area contributed by atoms with Crippen LogP contribution in [-0.2, 0) is 0 Å². The van der Waals surface area contributed by atoms with E-state index < -0.39 is 4.92 Å². The van der Waals surface area contributed by atoms with Crippen molar-refractivity contribution in [3.05, 3.63) is 63.3 Å². The molecule has 0 atom stereocenters. The molecule has 0 spiro atoms. The Morgan fingerprint density at radius 2 is 2.12 bits per heavy atom. The maximum atomic E-state index is 10.8. The summed E-state index contributed by atoms with van der Waals surface area (Å²) < 4.78 is 12.0. The molecule has 0 saturated heterocycles. The van der Waals surface area contributed by atoms with E-state index in [2.05, 4.69) is 4.98 Å². The van der Waals surface area contributed by atoms with Crippen LogP contribution in [0.3, 0.4) is 0 Å². The second-order valence-corrected chi connectivity index (χ2v) is 6.38. The standard InChI is InChI=1S/C18H12N2O4S/c1-23-15-4-2-3-11-9-13(24-18(11)15)6-8-17-19-14-10-12(20(21)22)5-7-16(14)25-17/h2-10H,1H3/b8-6+. The fraction of sp³-hybridized carbons (Fsp3) is 0.0556. The minimum atomic E-state index is -0.421. The quantitative estimate of drug-likeness (QED) is 0.376. The SMILES string of the molecule is COc1cccc2cc(/C=C/c3nc4cc([N+](=O)[O-])ccc4s3)oc12. The Morgan fingerprint density at radius 3 is 2.92 bits per heavy atom. The molecule has 7 heteroatoms. The van der Waals surface area contributed by atoms with Crippen LogP contribution in [0, 0.1) is 10.1 Å². The van der Waals surface area contributed by atoms with Gasteiger partial charge in [0.05, 0.1) is 22.2 Å². The molecule has 4 rings (SSSR count). The minimum absolute atomic E-state index is 0.0395. The Balaban J connectivity index is 1.67. The number of para-hydroxylation sites is 1. The van der Waals surface area contributed by atoms with E-state index in [0.717, 1.165) is 15.1 Å². The molecule has 2 aromatic heterocycles. The van der Waals surface area contributed by atoms with Crippen LogP contribution in [0.25, 0.3) is 33.3 Å². The van der Waals surface area contributed by atoms with Crippen LogP contribution in [0.1, 0.15) is 10.8 Å². The van der Waals surface area contributed by atoms with E-state index in [9.17, 15) is 10.1 Å². The number of nitrogens with zero attached hydrogens (tertiary/aromatic N) is 2. The molecule has 25 heavy (non-hydrogen) atoms. The summed E-state index contributed by atoms with van der Waals surface area (Å²) in [7, 11) is 1.60. The zero-order valence-corrected chi connectivity index (χ0v) is 13.9. The smallest absolute Gasteiger partial charge is 0.271 e. The summed E-state index contributed by atoms with van der Waals surface area (Å²) in [5.74, 6) is 1.37. The molecule has 0 radical (unpaired) electrons. The Kier molecular flexibility index (Phi) is 3.70. The Bertz CT molecular complexity index is 1130. The number of benzene rings is 2. The van der Waals surface area contributed by atoms with Crippen LogP contribution in [0.2, 0.25) is 0 Å². The normalized spacial score (nSPS) is 11.6. The molecule has 0 aliphatic heterocycles. The van der Waals surface area contributed by atoms with Gasteiger partial charge in [-0.15, -0.1) is 11.3 Å². The molecule has 4 aromatic rings. The maximum Gasteiger partial charge on any atom is 0.271 e. The number of hydrogen-bond donors (Lipinski definition) is 0. The second kappa shape index (κ2) is 6.03. The lowest BCUT2D eigenvalue weighted by molar-refractivity contribution is -0.384. The summed E-state index contributed by atoms with van der Waals surface area (Å²) in [5.41, 5.74) is 1.35. The number of methoxy groups -OCH3 is 1. The Labute approximate surface area is 146 Å². The van der Waals surface area contributed by atoms with Gasteiger partial charge in [-0.25, -0.2) is 4.98 Å². The predicted molar refractivity (Wildman–Crippen MR) is 98.0 cm³/mol. The van der Waals surface area contributed by atoms with Crippen molar-refractivity contribution in [1.29, 1.82) is 0 Å². The topological polar surface area (TPSA) is 78.4 Å². The minimum Gasteiger partial charge on any atom is -0.493 e. The van der Waals surface area contributed by atoms with Gasteiger partial charge in [0.2, 0.25) is 0 Å².